The van der Waals surface area contributed by atoms with E-state index in [1.54, 1.807) is 12.3 Å². The van der Waals surface area contributed by atoms with E-state index in [9.17, 15) is 5.11 Å². The molecule has 4 nitrogen and oxygen atoms in total. The number of nitrogens with zero attached hydrogens (tertiary/aromatic N) is 2. The van der Waals surface area contributed by atoms with Crippen LogP contribution >= 0.6 is 15.9 Å². The molecule has 0 saturated heterocycles. The van der Waals surface area contributed by atoms with E-state index in [0.717, 1.165) is 10.1 Å². The molecular weight excluding hydrogens is 284 g/mol. The van der Waals surface area contributed by atoms with Crippen molar-refractivity contribution in [3.63, 3.8) is 0 Å². The first-order valence-corrected chi connectivity index (χ1v) is 5.89. The van der Waals surface area contributed by atoms with Crippen molar-refractivity contribution in [3.05, 3.63) is 58.8 Å². The van der Waals surface area contributed by atoms with Crippen LogP contribution in [0.4, 0.5) is 0 Å². The Morgan fingerprint density at radius 2 is 2.24 bits per heavy atom. The number of imidazole rings is 1. The van der Waals surface area contributed by atoms with Gasteiger partial charge in [0.1, 0.15) is 5.65 Å². The predicted molar refractivity (Wildman–Crippen MR) is 65.7 cm³/mol. The molecule has 1 N–H and O–H groups in total. The van der Waals surface area contributed by atoms with Gasteiger partial charge in [0.2, 0.25) is 0 Å². The van der Waals surface area contributed by atoms with E-state index in [1.165, 1.54) is 6.26 Å². The lowest BCUT2D eigenvalue weighted by Crippen LogP contribution is -1.98. The maximum atomic E-state index is 10.2. The highest BCUT2D eigenvalue weighted by Crippen LogP contribution is 2.28. The van der Waals surface area contributed by atoms with E-state index in [1.807, 2.05) is 28.8 Å². The average Bonchev–Trinajstić information content (AvgIpc) is 2.93. The number of pyridine rings is 1. The largest absolute Gasteiger partial charge is 0.465 e. The van der Waals surface area contributed by atoms with Crippen molar-refractivity contribution in [1.29, 1.82) is 0 Å². The Labute approximate surface area is 106 Å². The molecule has 3 aromatic rings. The molecule has 3 rings (SSSR count). The van der Waals surface area contributed by atoms with Gasteiger partial charge in [0.05, 0.1) is 16.4 Å². The number of aromatic nitrogens is 2. The van der Waals surface area contributed by atoms with Gasteiger partial charge in [0.15, 0.2) is 11.9 Å². The fraction of sp³-hybridized carbons (Fsp3) is 0.0833. The van der Waals surface area contributed by atoms with Crippen LogP contribution in [0.15, 0.2) is 51.8 Å². The van der Waals surface area contributed by atoms with Gasteiger partial charge in [-0.1, -0.05) is 6.07 Å². The molecule has 0 spiro atoms. The maximum Gasteiger partial charge on any atom is 0.156 e. The highest BCUT2D eigenvalue weighted by Gasteiger charge is 2.19. The van der Waals surface area contributed by atoms with Crippen LogP contribution in [-0.4, -0.2) is 14.5 Å². The van der Waals surface area contributed by atoms with E-state index < -0.39 is 6.10 Å². The summed E-state index contributed by atoms with van der Waals surface area (Å²) in [6.07, 6.45) is 4.34. The molecule has 1 unspecified atom stereocenters. The second-order valence-electron chi connectivity index (χ2n) is 3.67. The second-order valence-corrected chi connectivity index (χ2v) is 4.52. The Hall–Kier alpha value is -1.59. The van der Waals surface area contributed by atoms with Gasteiger partial charge in [0, 0.05) is 12.4 Å². The minimum Gasteiger partial charge on any atom is -0.465 e. The van der Waals surface area contributed by atoms with Crippen molar-refractivity contribution in [2.24, 2.45) is 0 Å². The lowest BCUT2D eigenvalue weighted by Gasteiger charge is -2.03. The Kier molecular flexibility index (Phi) is 2.49. The molecule has 0 aliphatic heterocycles. The lowest BCUT2D eigenvalue weighted by atomic mass is 10.2. The molecule has 3 heterocycles. The fourth-order valence-electron chi connectivity index (χ4n) is 1.72. The molecule has 3 aromatic heterocycles. The minimum atomic E-state index is -0.862. The van der Waals surface area contributed by atoms with Crippen molar-refractivity contribution >= 4 is 21.6 Å². The summed E-state index contributed by atoms with van der Waals surface area (Å²) in [7, 11) is 0. The van der Waals surface area contributed by atoms with Crippen molar-refractivity contribution in [1.82, 2.24) is 9.38 Å². The third-order valence-electron chi connectivity index (χ3n) is 2.56. The Morgan fingerprint density at radius 1 is 1.35 bits per heavy atom. The first-order chi connectivity index (χ1) is 8.25. The summed E-state index contributed by atoms with van der Waals surface area (Å²) in [5.41, 5.74) is 1.36. The number of hydrogen-bond donors (Lipinski definition) is 1. The van der Waals surface area contributed by atoms with Crippen LogP contribution in [0.2, 0.25) is 0 Å². The van der Waals surface area contributed by atoms with E-state index >= 15 is 0 Å². The molecule has 0 amide bonds. The summed E-state index contributed by atoms with van der Waals surface area (Å²) in [5.74, 6) is 0.466. The minimum absolute atomic E-state index is 0.466. The van der Waals surface area contributed by atoms with E-state index in [0.29, 0.717) is 11.5 Å². The standard InChI is InChI=1S/C12H9BrN2O2/c13-8-4-6-17-12(8)11(16)9-7-15-5-2-1-3-10(15)14-9/h1-7,11,16H. The van der Waals surface area contributed by atoms with Crippen molar-refractivity contribution in [2.45, 2.75) is 6.10 Å². The van der Waals surface area contributed by atoms with Crippen LogP contribution in [-0.2, 0) is 0 Å². The average molecular weight is 293 g/mol. The van der Waals surface area contributed by atoms with Crippen LogP contribution in [0.25, 0.3) is 5.65 Å². The van der Waals surface area contributed by atoms with Crippen molar-refractivity contribution < 1.29 is 9.52 Å². The highest BCUT2D eigenvalue weighted by atomic mass is 79.9. The number of rotatable bonds is 2. The third-order valence-corrected chi connectivity index (χ3v) is 3.21. The number of furan rings is 1. The zero-order chi connectivity index (χ0) is 11.8. The van der Waals surface area contributed by atoms with E-state index in [-0.39, 0.29) is 0 Å². The van der Waals surface area contributed by atoms with Gasteiger partial charge in [0.25, 0.3) is 0 Å². The molecule has 0 aliphatic carbocycles. The van der Waals surface area contributed by atoms with Gasteiger partial charge in [-0.3, -0.25) is 0 Å². The SMILES string of the molecule is OC(c1cn2ccccc2n1)c1occc1Br. The molecule has 1 atom stereocenters. The van der Waals surface area contributed by atoms with Crippen LogP contribution in [0.5, 0.6) is 0 Å². The zero-order valence-electron chi connectivity index (χ0n) is 8.75. The monoisotopic (exact) mass is 292 g/mol. The summed E-state index contributed by atoms with van der Waals surface area (Å²) in [6.45, 7) is 0. The fourth-order valence-corrected chi connectivity index (χ4v) is 2.14. The topological polar surface area (TPSA) is 50.7 Å². The van der Waals surface area contributed by atoms with Gasteiger partial charge < -0.3 is 13.9 Å². The number of halogens is 1. The first kappa shape index (κ1) is 10.6. The summed E-state index contributed by atoms with van der Waals surface area (Å²) in [5, 5.41) is 10.2. The van der Waals surface area contributed by atoms with E-state index in [2.05, 4.69) is 20.9 Å². The molecule has 0 aliphatic rings. The van der Waals surface area contributed by atoms with Gasteiger partial charge in [-0.05, 0) is 34.1 Å². The first-order valence-electron chi connectivity index (χ1n) is 5.10. The summed E-state index contributed by atoms with van der Waals surface area (Å²) < 4.78 is 7.82. The van der Waals surface area contributed by atoms with Crippen LogP contribution in [0.3, 0.4) is 0 Å². The smallest absolute Gasteiger partial charge is 0.156 e. The number of aliphatic hydroxyl groups excluding tert-OH is 1. The molecule has 0 aromatic carbocycles. The van der Waals surface area contributed by atoms with Crippen LogP contribution < -0.4 is 0 Å². The van der Waals surface area contributed by atoms with Crippen molar-refractivity contribution in [2.75, 3.05) is 0 Å². The molecule has 0 fully saturated rings. The van der Waals surface area contributed by atoms with Crippen molar-refractivity contribution in [3.8, 4) is 0 Å². The quantitative estimate of drug-likeness (QED) is 0.790. The molecule has 0 radical (unpaired) electrons. The van der Waals surface area contributed by atoms with Crippen LogP contribution in [0.1, 0.15) is 17.6 Å². The van der Waals surface area contributed by atoms with Gasteiger partial charge in [-0.25, -0.2) is 4.98 Å². The highest BCUT2D eigenvalue weighted by molar-refractivity contribution is 9.10. The van der Waals surface area contributed by atoms with Crippen LogP contribution in [0, 0.1) is 0 Å². The Bertz CT molecular complexity index is 626. The Balaban J connectivity index is 2.07. The van der Waals surface area contributed by atoms with Gasteiger partial charge in [-0.2, -0.15) is 0 Å². The second kappa shape index (κ2) is 4.01. The Morgan fingerprint density at radius 3 is 2.94 bits per heavy atom. The molecule has 0 saturated carbocycles. The molecule has 0 bridgehead atoms. The van der Waals surface area contributed by atoms with Gasteiger partial charge in [-0.15, -0.1) is 0 Å². The summed E-state index contributed by atoms with van der Waals surface area (Å²) in [4.78, 5) is 4.34. The normalized spacial score (nSPS) is 13.1. The number of aliphatic hydroxyl groups is 1. The number of fused-ring (bicyclic) bond motifs is 1. The molecular formula is C12H9BrN2O2. The summed E-state index contributed by atoms with van der Waals surface area (Å²) in [6, 6.07) is 7.44. The van der Waals surface area contributed by atoms with E-state index in [4.69, 9.17) is 4.42 Å². The maximum absolute atomic E-state index is 10.2. The number of hydrogen-bond acceptors (Lipinski definition) is 3. The third kappa shape index (κ3) is 1.77. The molecule has 5 heteroatoms. The predicted octanol–water partition coefficient (Wildman–Crippen LogP) is 2.77. The lowest BCUT2D eigenvalue weighted by molar-refractivity contribution is 0.184. The summed E-state index contributed by atoms with van der Waals surface area (Å²) >= 11 is 3.32. The molecule has 17 heavy (non-hydrogen) atoms. The van der Waals surface area contributed by atoms with Gasteiger partial charge >= 0.3 is 0 Å². The zero-order valence-corrected chi connectivity index (χ0v) is 10.3. The molecule has 86 valence electrons.